The second-order valence-electron chi connectivity index (χ2n) is 15.8. The number of urea groups is 1. The molecule has 2 saturated heterocycles. The molecule has 2 aliphatic rings. The van der Waals surface area contributed by atoms with Crippen LogP contribution in [-0.2, 0) is 42.9 Å². The fourth-order valence-electron chi connectivity index (χ4n) is 7.07. The van der Waals surface area contributed by atoms with Gasteiger partial charge in [0.25, 0.3) is 5.69 Å². The number of nitrogens with zero attached hydrogens (tertiary/aromatic N) is 1. The minimum Gasteiger partial charge on any atom is -0.493 e. The van der Waals surface area contributed by atoms with Gasteiger partial charge in [-0.1, -0.05) is 19.8 Å². The molecule has 2 fully saturated rings. The van der Waals surface area contributed by atoms with Crippen LogP contribution >= 0.6 is 11.8 Å². The minimum absolute atomic E-state index is 0.0304. The molecule has 1 aromatic rings. The first-order valence-corrected chi connectivity index (χ1v) is 24.0. The SMILES string of the molecule is CCCCOc1cc([N+](=O)[O-])c(C(C)NC(=O)COCCOCCNC(=O)COCCOCCNC(=O)[C@@H](CCCCNC(=O)CCCCC2SCC3NC(=O)NC32)NC(=O)CN)cc1OC. The third-order valence-corrected chi connectivity index (χ3v) is 12.1. The van der Waals surface area contributed by atoms with Crippen LogP contribution in [-0.4, -0.2) is 162 Å². The number of thioether (sulfide) groups is 1. The van der Waals surface area contributed by atoms with Crippen LogP contribution < -0.4 is 52.4 Å². The summed E-state index contributed by atoms with van der Waals surface area (Å²) in [5, 5.41) is 31.7. The highest BCUT2D eigenvalue weighted by Crippen LogP contribution is 2.38. The number of fused-ring (bicyclic) bond motifs is 1. The molecule has 0 aromatic heterocycles. The monoisotopic (exact) mass is 969 g/mol. The van der Waals surface area contributed by atoms with Crippen molar-refractivity contribution >= 4 is 53.0 Å². The highest BCUT2D eigenvalue weighted by atomic mass is 32.2. The molecule has 3 rings (SSSR count). The van der Waals surface area contributed by atoms with Gasteiger partial charge < -0.3 is 71.4 Å². The number of carbonyl (C=O) groups is 6. The van der Waals surface area contributed by atoms with Gasteiger partial charge in [0.15, 0.2) is 11.5 Å². The topological polar surface area (TPSA) is 311 Å². The molecule has 378 valence electrons. The van der Waals surface area contributed by atoms with Gasteiger partial charge in [-0.3, -0.25) is 34.1 Å². The summed E-state index contributed by atoms with van der Waals surface area (Å²) in [5.41, 5.74) is 5.49. The zero-order valence-corrected chi connectivity index (χ0v) is 39.8. The summed E-state index contributed by atoms with van der Waals surface area (Å²) in [7, 11) is 1.43. The van der Waals surface area contributed by atoms with Crippen molar-refractivity contribution in [3.05, 3.63) is 27.8 Å². The Morgan fingerprint density at radius 1 is 0.806 bits per heavy atom. The predicted octanol–water partition coefficient (Wildman–Crippen LogP) is 0.714. The van der Waals surface area contributed by atoms with Gasteiger partial charge >= 0.3 is 6.03 Å². The zero-order valence-electron chi connectivity index (χ0n) is 39.0. The number of unbranched alkanes of at least 4 members (excludes halogenated alkanes) is 3. The number of carbonyl (C=O) groups excluding carboxylic acids is 6. The third kappa shape index (κ3) is 22.1. The number of rotatable bonds is 37. The van der Waals surface area contributed by atoms with Crippen LogP contribution in [0.3, 0.4) is 0 Å². The number of ether oxygens (including phenoxy) is 6. The van der Waals surface area contributed by atoms with Crippen molar-refractivity contribution in [3.8, 4) is 11.5 Å². The lowest BCUT2D eigenvalue weighted by molar-refractivity contribution is -0.385. The molecule has 0 bridgehead atoms. The molecule has 0 spiro atoms. The number of methoxy groups -OCH3 is 1. The van der Waals surface area contributed by atoms with Crippen molar-refractivity contribution < 1.29 is 62.1 Å². The highest BCUT2D eigenvalue weighted by molar-refractivity contribution is 8.00. The largest absolute Gasteiger partial charge is 0.493 e. The molecule has 7 amide bonds. The predicted molar refractivity (Wildman–Crippen MR) is 248 cm³/mol. The van der Waals surface area contributed by atoms with Crippen molar-refractivity contribution in [1.29, 1.82) is 0 Å². The lowest BCUT2D eigenvalue weighted by Crippen LogP contribution is -2.49. The van der Waals surface area contributed by atoms with E-state index >= 15 is 0 Å². The van der Waals surface area contributed by atoms with E-state index in [1.54, 1.807) is 6.92 Å². The van der Waals surface area contributed by atoms with Crippen LogP contribution in [0.4, 0.5) is 10.5 Å². The molecular formula is C43H71N9O14S. The van der Waals surface area contributed by atoms with Gasteiger partial charge in [0.05, 0.1) is 94.6 Å². The quantitative estimate of drug-likeness (QED) is 0.0197. The van der Waals surface area contributed by atoms with E-state index in [9.17, 15) is 38.9 Å². The van der Waals surface area contributed by atoms with Crippen molar-refractivity contribution in [2.24, 2.45) is 5.73 Å². The summed E-state index contributed by atoms with van der Waals surface area (Å²) in [6.45, 7) is 5.04. The van der Waals surface area contributed by atoms with Gasteiger partial charge in [-0.15, -0.1) is 0 Å². The molecule has 2 heterocycles. The van der Waals surface area contributed by atoms with Crippen LogP contribution in [0, 0.1) is 10.1 Å². The summed E-state index contributed by atoms with van der Waals surface area (Å²) in [4.78, 5) is 84.4. The summed E-state index contributed by atoms with van der Waals surface area (Å²) < 4.78 is 32.6. The number of nitro groups is 1. The summed E-state index contributed by atoms with van der Waals surface area (Å²) in [6, 6.07) is 1.52. The number of nitrogens with two attached hydrogens (primary N) is 1. The second-order valence-corrected chi connectivity index (χ2v) is 17.1. The van der Waals surface area contributed by atoms with E-state index in [-0.39, 0.29) is 125 Å². The van der Waals surface area contributed by atoms with Gasteiger partial charge in [0.1, 0.15) is 19.3 Å². The first-order chi connectivity index (χ1) is 32.4. The maximum Gasteiger partial charge on any atom is 0.315 e. The molecule has 23 nitrogen and oxygen atoms in total. The van der Waals surface area contributed by atoms with Crippen molar-refractivity contribution in [2.45, 2.75) is 101 Å². The Balaban J connectivity index is 1.15. The van der Waals surface area contributed by atoms with E-state index in [0.29, 0.717) is 49.8 Å². The van der Waals surface area contributed by atoms with Gasteiger partial charge in [0, 0.05) is 37.1 Å². The van der Waals surface area contributed by atoms with E-state index in [4.69, 9.17) is 34.2 Å². The van der Waals surface area contributed by atoms with Gasteiger partial charge in [0.2, 0.25) is 29.5 Å². The molecule has 5 atom stereocenters. The minimum atomic E-state index is -0.791. The number of amides is 7. The first-order valence-electron chi connectivity index (χ1n) is 22.9. The van der Waals surface area contributed by atoms with Crippen LogP contribution in [0.25, 0.3) is 0 Å². The fourth-order valence-corrected chi connectivity index (χ4v) is 8.61. The molecule has 24 heteroatoms. The maximum absolute atomic E-state index is 12.8. The average Bonchev–Trinajstić information content (AvgIpc) is 3.87. The summed E-state index contributed by atoms with van der Waals surface area (Å²) in [6.07, 6.45) is 6.28. The Bertz CT molecular complexity index is 1730. The molecule has 2 aliphatic heterocycles. The lowest BCUT2D eigenvalue weighted by Gasteiger charge is -2.18. The number of hydrogen-bond acceptors (Lipinski definition) is 16. The van der Waals surface area contributed by atoms with Gasteiger partial charge in [-0.05, 0) is 51.5 Å². The molecule has 0 aliphatic carbocycles. The molecule has 9 N–H and O–H groups in total. The van der Waals surface area contributed by atoms with Crippen molar-refractivity contribution in [3.63, 3.8) is 0 Å². The van der Waals surface area contributed by atoms with Crippen molar-refractivity contribution in [1.82, 2.24) is 37.2 Å². The van der Waals surface area contributed by atoms with Crippen LogP contribution in [0.15, 0.2) is 12.1 Å². The van der Waals surface area contributed by atoms with E-state index in [1.165, 1.54) is 19.2 Å². The zero-order chi connectivity index (χ0) is 48.8. The lowest BCUT2D eigenvalue weighted by atomic mass is 10.0. The smallest absolute Gasteiger partial charge is 0.315 e. The molecule has 0 saturated carbocycles. The third-order valence-electron chi connectivity index (χ3n) is 10.6. The number of benzene rings is 1. The van der Waals surface area contributed by atoms with Crippen molar-refractivity contribution in [2.75, 3.05) is 98.5 Å². The molecule has 1 aromatic carbocycles. The normalized spacial score (nSPS) is 17.0. The number of nitro benzene ring substituents is 1. The molecular weight excluding hydrogens is 899 g/mol. The van der Waals surface area contributed by atoms with Crippen LogP contribution in [0.5, 0.6) is 11.5 Å². The average molecular weight is 970 g/mol. The summed E-state index contributed by atoms with van der Waals surface area (Å²) >= 11 is 1.86. The maximum atomic E-state index is 12.8. The number of hydrogen-bond donors (Lipinski definition) is 8. The standard InChI is InChI=1S/C43H71N9O14S/c1-4-5-16-66-35-24-33(52(59)60)30(23-34(35)61-3)29(2)48-40(56)27-65-22-20-62-17-14-46-39(55)26-64-21-19-63-18-15-47-42(57)31(49-38(54)25-44)10-8-9-13-45-37(53)12-7-6-11-36-41-32(28-67-36)50-43(58)51-41/h23-24,29,31-32,36,41H,4-22,25-28,44H2,1-3H3,(H,45,53)(H,46,55)(H,47,57)(H,48,56)(H,49,54)(H2,50,51,58)/t29?,31-,32?,36?,41?/m1/s1. The van der Waals surface area contributed by atoms with E-state index in [1.807, 2.05) is 18.7 Å². The Kier molecular flexibility index (Phi) is 27.4. The fraction of sp³-hybridized carbons (Fsp3) is 0.721. The van der Waals surface area contributed by atoms with Crippen LogP contribution in [0.2, 0.25) is 0 Å². The Morgan fingerprint density at radius 3 is 2.18 bits per heavy atom. The molecule has 0 radical (unpaired) electrons. The highest BCUT2D eigenvalue weighted by Gasteiger charge is 2.42. The second kappa shape index (κ2) is 32.7. The van der Waals surface area contributed by atoms with E-state index < -0.39 is 28.8 Å². The van der Waals surface area contributed by atoms with E-state index in [0.717, 1.165) is 37.9 Å². The van der Waals surface area contributed by atoms with Gasteiger partial charge in [-0.2, -0.15) is 11.8 Å². The first kappa shape index (κ1) is 56.3. The van der Waals surface area contributed by atoms with Crippen LogP contribution in [0.1, 0.15) is 83.2 Å². The summed E-state index contributed by atoms with van der Waals surface area (Å²) in [5.74, 6) is -0.217. The number of nitrogens with one attached hydrogen (secondary N) is 7. The van der Waals surface area contributed by atoms with E-state index in [2.05, 4.69) is 37.2 Å². The Morgan fingerprint density at radius 2 is 1.49 bits per heavy atom. The Hall–Kier alpha value is -5.01. The molecule has 67 heavy (non-hydrogen) atoms. The Labute approximate surface area is 396 Å². The molecule has 4 unspecified atom stereocenters. The van der Waals surface area contributed by atoms with Gasteiger partial charge in [-0.25, -0.2) is 4.79 Å².